The number of unbranched alkanes of at least 4 members (excludes halogenated alkanes) is 1. The largest absolute Gasteiger partial charge is 1.00 e. The SMILES string of the molecule is C1CC[Se]CC1.CCCC[n+]1ccccc1.[H+]. The minimum Gasteiger partial charge on any atom is -0.205 e. The Kier molecular flexibility index (Phi) is 8.47. The first-order valence-electron chi connectivity index (χ1n) is 6.45. The van der Waals surface area contributed by atoms with Gasteiger partial charge in [-0.15, -0.1) is 0 Å². The zero-order chi connectivity index (χ0) is 11.5. The number of nitrogens with zero attached hydrogens (tertiary/aromatic N) is 1. The molecule has 1 aromatic rings. The molecule has 2 heterocycles. The Hall–Kier alpha value is -0.331. The van der Waals surface area contributed by atoms with E-state index in [1.807, 2.05) is 6.07 Å². The van der Waals surface area contributed by atoms with Gasteiger partial charge < -0.3 is 0 Å². The zero-order valence-electron chi connectivity index (χ0n) is 11.4. The topological polar surface area (TPSA) is 3.88 Å². The van der Waals surface area contributed by atoms with Gasteiger partial charge in [0.25, 0.3) is 0 Å². The number of hydrogen-bond donors (Lipinski definition) is 0. The van der Waals surface area contributed by atoms with Crippen LogP contribution < -0.4 is 4.57 Å². The number of aromatic nitrogens is 1. The van der Waals surface area contributed by atoms with E-state index in [-0.39, 0.29) is 1.43 Å². The van der Waals surface area contributed by atoms with E-state index < -0.39 is 0 Å². The minimum atomic E-state index is 0. The van der Waals surface area contributed by atoms with Gasteiger partial charge in [-0.3, -0.25) is 0 Å². The van der Waals surface area contributed by atoms with Crippen LogP contribution in [-0.2, 0) is 6.54 Å². The van der Waals surface area contributed by atoms with Crippen molar-refractivity contribution >= 4 is 15.0 Å². The maximum Gasteiger partial charge on any atom is 1.00 e. The van der Waals surface area contributed by atoms with Crippen molar-refractivity contribution in [3.8, 4) is 0 Å². The molecule has 0 aromatic carbocycles. The second-order valence-corrected chi connectivity index (χ2v) is 6.71. The van der Waals surface area contributed by atoms with Crippen molar-refractivity contribution in [2.24, 2.45) is 0 Å². The van der Waals surface area contributed by atoms with Crippen LogP contribution in [-0.4, -0.2) is 15.0 Å². The Morgan fingerprint density at radius 2 is 1.75 bits per heavy atom. The van der Waals surface area contributed by atoms with Crippen molar-refractivity contribution in [2.75, 3.05) is 0 Å². The van der Waals surface area contributed by atoms with Gasteiger partial charge in [0.1, 0.15) is 6.54 Å². The molecule has 1 nitrogen and oxygen atoms in total. The van der Waals surface area contributed by atoms with Gasteiger partial charge in [0.2, 0.25) is 0 Å². The van der Waals surface area contributed by atoms with Crippen LogP contribution in [0.2, 0.25) is 10.6 Å². The molecule has 2 heteroatoms. The first-order valence-corrected chi connectivity index (χ1v) is 8.87. The fourth-order valence-electron chi connectivity index (χ4n) is 1.61. The third-order valence-electron chi connectivity index (χ3n) is 2.62. The van der Waals surface area contributed by atoms with Crippen molar-refractivity contribution in [2.45, 2.75) is 56.2 Å². The predicted molar refractivity (Wildman–Crippen MR) is 71.9 cm³/mol. The molecule has 1 fully saturated rings. The van der Waals surface area contributed by atoms with Crippen molar-refractivity contribution in [1.82, 2.24) is 0 Å². The Morgan fingerprint density at radius 3 is 2.19 bits per heavy atom. The standard InChI is InChI=1S/C9H14N.C5H10Se/c1-2-3-7-10-8-5-4-6-9-10;1-2-4-6-5-3-1/h4-6,8-9H,2-3,7H2,1H3;1-5H2/q+1;/p+1. The van der Waals surface area contributed by atoms with Crippen LogP contribution in [0.15, 0.2) is 30.6 Å². The number of aryl methyl sites for hydroxylation is 1. The smallest absolute Gasteiger partial charge is 0.205 e. The summed E-state index contributed by atoms with van der Waals surface area (Å²) < 4.78 is 2.21. The summed E-state index contributed by atoms with van der Waals surface area (Å²) in [4.78, 5) is 0. The fraction of sp³-hybridized carbons (Fsp3) is 0.643. The van der Waals surface area contributed by atoms with E-state index in [1.165, 1.54) is 32.1 Å². The maximum atomic E-state index is 2.21. The molecule has 0 saturated carbocycles. The van der Waals surface area contributed by atoms with Crippen LogP contribution in [0.5, 0.6) is 0 Å². The number of rotatable bonds is 3. The van der Waals surface area contributed by atoms with Gasteiger partial charge in [0.15, 0.2) is 12.4 Å². The maximum absolute atomic E-state index is 2.21. The minimum absolute atomic E-state index is 0. The summed E-state index contributed by atoms with van der Waals surface area (Å²) in [5.41, 5.74) is 0. The van der Waals surface area contributed by atoms with Crippen LogP contribution in [0.25, 0.3) is 0 Å². The van der Waals surface area contributed by atoms with E-state index in [1.54, 1.807) is 10.6 Å². The molecule has 1 saturated heterocycles. The summed E-state index contributed by atoms with van der Waals surface area (Å²) in [6.07, 6.45) is 11.3. The van der Waals surface area contributed by atoms with Gasteiger partial charge in [-0.1, -0.05) is 19.4 Å². The normalized spacial score (nSPS) is 15.1. The molecule has 1 aliphatic heterocycles. The second kappa shape index (κ2) is 9.86. The summed E-state index contributed by atoms with van der Waals surface area (Å²) in [6, 6.07) is 6.17. The van der Waals surface area contributed by atoms with Crippen LogP contribution in [0, 0.1) is 0 Å². The van der Waals surface area contributed by atoms with Gasteiger partial charge in [0, 0.05) is 18.6 Å². The van der Waals surface area contributed by atoms with E-state index >= 15 is 0 Å². The average molecular weight is 286 g/mol. The number of hydrogen-bond acceptors (Lipinski definition) is 0. The summed E-state index contributed by atoms with van der Waals surface area (Å²) in [5, 5.41) is 3.12. The molecule has 16 heavy (non-hydrogen) atoms. The molecule has 0 amide bonds. The first-order chi connectivity index (χ1) is 7.93. The van der Waals surface area contributed by atoms with Gasteiger partial charge in [-0.25, -0.2) is 4.57 Å². The summed E-state index contributed by atoms with van der Waals surface area (Å²) in [5.74, 6) is 0. The first kappa shape index (κ1) is 13.7. The molecule has 0 unspecified atom stereocenters. The van der Waals surface area contributed by atoms with Crippen LogP contribution >= 0.6 is 0 Å². The predicted octanol–water partition coefficient (Wildman–Crippen LogP) is 3.60. The molecule has 0 aliphatic carbocycles. The van der Waals surface area contributed by atoms with Crippen LogP contribution in [0.1, 0.15) is 40.5 Å². The van der Waals surface area contributed by atoms with E-state index in [0.29, 0.717) is 0 Å². The molecule has 1 aliphatic rings. The quantitative estimate of drug-likeness (QED) is 0.590. The molecular weight excluding hydrogens is 261 g/mol. The number of pyridine rings is 1. The third-order valence-corrected chi connectivity index (χ3v) is 5.05. The van der Waals surface area contributed by atoms with E-state index in [0.717, 1.165) is 21.5 Å². The van der Waals surface area contributed by atoms with E-state index in [2.05, 4.69) is 36.0 Å². The van der Waals surface area contributed by atoms with Gasteiger partial charge in [-0.2, -0.15) is 0 Å². The van der Waals surface area contributed by atoms with Crippen molar-refractivity contribution in [3.05, 3.63) is 30.6 Å². The Morgan fingerprint density at radius 1 is 1.06 bits per heavy atom. The molecule has 0 radical (unpaired) electrons. The fourth-order valence-corrected chi connectivity index (χ4v) is 3.75. The second-order valence-electron chi connectivity index (χ2n) is 4.14. The summed E-state index contributed by atoms with van der Waals surface area (Å²) in [7, 11) is 0. The molecular formula is C14H25NSe+2. The monoisotopic (exact) mass is 287 g/mol. The summed E-state index contributed by atoms with van der Waals surface area (Å²) in [6.45, 7) is 3.36. The van der Waals surface area contributed by atoms with Gasteiger partial charge in [-0.05, 0) is 0 Å². The molecule has 0 bridgehead atoms. The zero-order valence-corrected chi connectivity index (χ0v) is 12.1. The van der Waals surface area contributed by atoms with Crippen molar-refractivity contribution in [3.63, 3.8) is 0 Å². The molecule has 1 aromatic heterocycles. The van der Waals surface area contributed by atoms with Crippen molar-refractivity contribution in [1.29, 1.82) is 0 Å². The summed E-state index contributed by atoms with van der Waals surface area (Å²) >= 11 is 1.05. The van der Waals surface area contributed by atoms with Gasteiger partial charge in [0.05, 0.1) is 0 Å². The van der Waals surface area contributed by atoms with Crippen molar-refractivity contribution < 1.29 is 5.99 Å². The van der Waals surface area contributed by atoms with Gasteiger partial charge >= 0.3 is 46.3 Å². The molecule has 90 valence electrons. The Balaban J connectivity index is 0.000000316. The molecule has 0 N–H and O–H groups in total. The van der Waals surface area contributed by atoms with Crippen LogP contribution in [0.4, 0.5) is 0 Å². The van der Waals surface area contributed by atoms with Crippen LogP contribution in [0.3, 0.4) is 0 Å². The third kappa shape index (κ3) is 7.03. The molecule has 0 spiro atoms. The Bertz CT molecular complexity index is 238. The Labute approximate surface area is 108 Å². The molecule has 2 rings (SSSR count). The van der Waals surface area contributed by atoms with E-state index in [4.69, 9.17) is 0 Å². The average Bonchev–Trinajstić information content (AvgIpc) is 2.40. The molecule has 0 atom stereocenters. The van der Waals surface area contributed by atoms with E-state index in [9.17, 15) is 0 Å².